The first kappa shape index (κ1) is 18.5. The molecule has 0 aliphatic heterocycles. The number of hydrogen-bond donors (Lipinski definition) is 2. The minimum atomic E-state index is 0.204. The Balaban J connectivity index is 2.53. The fourth-order valence-electron chi connectivity index (χ4n) is 3.83. The smallest absolute Gasteiger partial charge is 0.220 e. The van der Waals surface area contributed by atoms with Crippen molar-refractivity contribution in [3.05, 3.63) is 0 Å². The molecular weight excluding hydrogens is 260 g/mol. The molecule has 1 aliphatic carbocycles. The van der Waals surface area contributed by atoms with Gasteiger partial charge in [-0.15, -0.1) is 0 Å². The van der Waals surface area contributed by atoms with Gasteiger partial charge < -0.3 is 11.1 Å². The zero-order chi connectivity index (χ0) is 16.0. The van der Waals surface area contributed by atoms with Crippen LogP contribution < -0.4 is 11.1 Å². The highest BCUT2D eigenvalue weighted by Gasteiger charge is 2.31. The van der Waals surface area contributed by atoms with E-state index in [1.54, 1.807) is 0 Å². The van der Waals surface area contributed by atoms with Crippen molar-refractivity contribution < 1.29 is 4.79 Å². The average molecular weight is 296 g/mol. The lowest BCUT2D eigenvalue weighted by atomic mass is 9.74. The summed E-state index contributed by atoms with van der Waals surface area (Å²) in [5.74, 6) is 3.13. The number of hydrogen-bond acceptors (Lipinski definition) is 2. The van der Waals surface area contributed by atoms with E-state index < -0.39 is 0 Å². The Morgan fingerprint density at radius 1 is 1.24 bits per heavy atom. The van der Waals surface area contributed by atoms with Crippen LogP contribution in [0, 0.1) is 29.6 Å². The van der Waals surface area contributed by atoms with Gasteiger partial charge in [-0.2, -0.15) is 0 Å². The second-order valence-electron chi connectivity index (χ2n) is 7.94. The van der Waals surface area contributed by atoms with Crippen LogP contribution in [0.15, 0.2) is 0 Å². The van der Waals surface area contributed by atoms with Crippen molar-refractivity contribution in [1.29, 1.82) is 0 Å². The molecule has 0 heterocycles. The standard InChI is InChI=1S/C18H36N2O/c1-12(2)8-15(11-19)10-18(21)20-17-9-14(5)6-7-16(17)13(3)4/h12-17H,6-11,19H2,1-5H3,(H,20,21). The minimum absolute atomic E-state index is 0.204. The summed E-state index contributed by atoms with van der Waals surface area (Å²) in [6.07, 6.45) is 5.30. The number of carbonyl (C=O) groups is 1. The van der Waals surface area contributed by atoms with Gasteiger partial charge in [0.25, 0.3) is 0 Å². The molecule has 3 N–H and O–H groups in total. The number of nitrogens with one attached hydrogen (secondary N) is 1. The molecule has 0 aromatic rings. The minimum Gasteiger partial charge on any atom is -0.353 e. The summed E-state index contributed by atoms with van der Waals surface area (Å²) in [4.78, 5) is 12.4. The number of carbonyl (C=O) groups excluding carboxylic acids is 1. The molecule has 3 nitrogen and oxygen atoms in total. The summed E-state index contributed by atoms with van der Waals surface area (Å²) in [7, 11) is 0. The number of nitrogens with two attached hydrogens (primary N) is 1. The molecule has 4 unspecified atom stereocenters. The summed E-state index contributed by atoms with van der Waals surface area (Å²) < 4.78 is 0. The molecule has 1 rings (SSSR count). The predicted octanol–water partition coefficient (Wildman–Crippen LogP) is 3.57. The lowest BCUT2D eigenvalue weighted by Gasteiger charge is -2.38. The highest BCUT2D eigenvalue weighted by molar-refractivity contribution is 5.76. The van der Waals surface area contributed by atoms with Crippen molar-refractivity contribution in [3.63, 3.8) is 0 Å². The van der Waals surface area contributed by atoms with Crippen LogP contribution in [0.5, 0.6) is 0 Å². The van der Waals surface area contributed by atoms with Gasteiger partial charge in [0, 0.05) is 12.5 Å². The summed E-state index contributed by atoms with van der Waals surface area (Å²) in [6, 6.07) is 0.360. The highest BCUT2D eigenvalue weighted by Crippen LogP contribution is 2.33. The Kier molecular flexibility index (Phi) is 7.72. The van der Waals surface area contributed by atoms with Gasteiger partial charge in [0.1, 0.15) is 0 Å². The third-order valence-electron chi connectivity index (χ3n) is 4.98. The quantitative estimate of drug-likeness (QED) is 0.754. The van der Waals surface area contributed by atoms with Gasteiger partial charge in [-0.25, -0.2) is 0 Å². The molecule has 0 saturated heterocycles. The molecule has 0 radical (unpaired) electrons. The van der Waals surface area contributed by atoms with E-state index in [2.05, 4.69) is 39.9 Å². The maximum absolute atomic E-state index is 12.4. The van der Waals surface area contributed by atoms with Gasteiger partial charge in [-0.3, -0.25) is 4.79 Å². The van der Waals surface area contributed by atoms with Gasteiger partial charge in [0.15, 0.2) is 0 Å². The topological polar surface area (TPSA) is 55.1 Å². The van der Waals surface area contributed by atoms with Crippen LogP contribution in [0.25, 0.3) is 0 Å². The van der Waals surface area contributed by atoms with Crippen molar-refractivity contribution in [2.24, 2.45) is 35.3 Å². The van der Waals surface area contributed by atoms with E-state index in [0.717, 1.165) is 18.8 Å². The third kappa shape index (κ3) is 6.37. The van der Waals surface area contributed by atoms with Gasteiger partial charge in [0.05, 0.1) is 0 Å². The third-order valence-corrected chi connectivity index (χ3v) is 4.98. The van der Waals surface area contributed by atoms with Gasteiger partial charge in [-0.1, -0.05) is 41.0 Å². The Labute approximate surface area is 131 Å². The van der Waals surface area contributed by atoms with E-state index in [1.807, 2.05) is 0 Å². The van der Waals surface area contributed by atoms with Crippen LogP contribution in [0.4, 0.5) is 0 Å². The molecule has 124 valence electrons. The first-order valence-corrected chi connectivity index (χ1v) is 8.82. The zero-order valence-electron chi connectivity index (χ0n) is 14.7. The fourth-order valence-corrected chi connectivity index (χ4v) is 3.83. The van der Waals surface area contributed by atoms with Gasteiger partial charge in [-0.05, 0) is 55.4 Å². The second-order valence-corrected chi connectivity index (χ2v) is 7.94. The average Bonchev–Trinajstić information content (AvgIpc) is 2.36. The Bertz CT molecular complexity index is 314. The normalized spacial score (nSPS) is 27.9. The number of amides is 1. The van der Waals surface area contributed by atoms with E-state index in [4.69, 9.17) is 5.73 Å². The summed E-state index contributed by atoms with van der Waals surface area (Å²) in [5.41, 5.74) is 5.82. The van der Waals surface area contributed by atoms with Crippen molar-refractivity contribution >= 4 is 5.91 Å². The van der Waals surface area contributed by atoms with Crippen LogP contribution in [0.3, 0.4) is 0 Å². The number of rotatable bonds is 7. The lowest BCUT2D eigenvalue weighted by Crippen LogP contribution is -2.46. The van der Waals surface area contributed by atoms with E-state index in [0.29, 0.717) is 42.7 Å². The predicted molar refractivity (Wildman–Crippen MR) is 89.9 cm³/mol. The summed E-state index contributed by atoms with van der Waals surface area (Å²) in [5, 5.41) is 3.32. The molecule has 1 saturated carbocycles. The lowest BCUT2D eigenvalue weighted by molar-refractivity contribution is -0.123. The molecule has 3 heteroatoms. The van der Waals surface area contributed by atoms with Gasteiger partial charge >= 0.3 is 0 Å². The van der Waals surface area contributed by atoms with Crippen molar-refractivity contribution in [2.45, 2.75) is 72.8 Å². The molecule has 0 aromatic carbocycles. The van der Waals surface area contributed by atoms with E-state index in [9.17, 15) is 4.79 Å². The zero-order valence-corrected chi connectivity index (χ0v) is 14.7. The Hall–Kier alpha value is -0.570. The summed E-state index contributed by atoms with van der Waals surface area (Å²) >= 11 is 0. The first-order valence-electron chi connectivity index (χ1n) is 8.82. The molecule has 0 aromatic heterocycles. The van der Waals surface area contributed by atoms with E-state index in [-0.39, 0.29) is 5.91 Å². The van der Waals surface area contributed by atoms with Crippen LogP contribution in [-0.4, -0.2) is 18.5 Å². The Morgan fingerprint density at radius 2 is 1.90 bits per heavy atom. The fraction of sp³-hybridized carbons (Fsp3) is 0.944. The molecule has 21 heavy (non-hydrogen) atoms. The molecular formula is C18H36N2O. The van der Waals surface area contributed by atoms with Crippen LogP contribution in [0.2, 0.25) is 0 Å². The molecule has 1 fully saturated rings. The SMILES string of the molecule is CC(C)CC(CN)CC(=O)NC1CC(C)CCC1C(C)C. The largest absolute Gasteiger partial charge is 0.353 e. The van der Waals surface area contributed by atoms with E-state index in [1.165, 1.54) is 12.8 Å². The van der Waals surface area contributed by atoms with Crippen molar-refractivity contribution in [2.75, 3.05) is 6.54 Å². The molecule has 1 amide bonds. The van der Waals surface area contributed by atoms with Crippen molar-refractivity contribution in [1.82, 2.24) is 5.32 Å². The molecule has 0 bridgehead atoms. The van der Waals surface area contributed by atoms with Crippen LogP contribution >= 0.6 is 0 Å². The maximum Gasteiger partial charge on any atom is 0.220 e. The molecule has 1 aliphatic rings. The summed E-state index contributed by atoms with van der Waals surface area (Å²) in [6.45, 7) is 11.9. The monoisotopic (exact) mass is 296 g/mol. The highest BCUT2D eigenvalue weighted by atomic mass is 16.1. The maximum atomic E-state index is 12.4. The van der Waals surface area contributed by atoms with Crippen LogP contribution in [0.1, 0.15) is 66.7 Å². The van der Waals surface area contributed by atoms with Gasteiger partial charge in [0.2, 0.25) is 5.91 Å². The molecule has 4 atom stereocenters. The first-order chi connectivity index (χ1) is 9.83. The van der Waals surface area contributed by atoms with E-state index >= 15 is 0 Å². The van der Waals surface area contributed by atoms with Crippen molar-refractivity contribution in [3.8, 4) is 0 Å². The van der Waals surface area contributed by atoms with Crippen LogP contribution in [-0.2, 0) is 4.79 Å². The second kappa shape index (κ2) is 8.77. The Morgan fingerprint density at radius 3 is 2.43 bits per heavy atom. The molecule has 0 spiro atoms.